The van der Waals surface area contributed by atoms with Crippen molar-refractivity contribution in [2.24, 2.45) is 0 Å². The van der Waals surface area contributed by atoms with Crippen molar-refractivity contribution < 1.29 is 9.84 Å². The van der Waals surface area contributed by atoms with Crippen LogP contribution in [0.3, 0.4) is 0 Å². The molecule has 0 saturated carbocycles. The zero-order valence-corrected chi connectivity index (χ0v) is 16.5. The Morgan fingerprint density at radius 1 is 0.963 bits per heavy atom. The lowest BCUT2D eigenvalue weighted by Crippen LogP contribution is -2.04. The summed E-state index contributed by atoms with van der Waals surface area (Å²) in [5.74, 6) is 0.674. The van der Waals surface area contributed by atoms with Gasteiger partial charge in [-0.25, -0.2) is 4.98 Å². The molecule has 27 heavy (non-hydrogen) atoms. The number of aromatic nitrogens is 1. The Morgan fingerprint density at radius 3 is 2.19 bits per heavy atom. The molecule has 1 heterocycles. The fourth-order valence-electron chi connectivity index (χ4n) is 3.31. The van der Waals surface area contributed by atoms with E-state index in [9.17, 15) is 5.11 Å². The molecule has 0 unspecified atom stereocenters. The van der Waals surface area contributed by atoms with Gasteiger partial charge < -0.3 is 15.2 Å². The standard InChI is InChI=1S/C22H19BrN2O2/c1-27-21-11-18(23)14(10-15(21)13-26)12-24-22-16-6-2-4-8-19(16)25-20-9-5-3-7-17(20)22/h2-11,26H,12-13H2,1H3,(H,24,25). The van der Waals surface area contributed by atoms with Crippen LogP contribution in [0.5, 0.6) is 5.75 Å². The smallest absolute Gasteiger partial charge is 0.125 e. The quantitative estimate of drug-likeness (QED) is 0.430. The molecule has 1 aromatic heterocycles. The second-order valence-corrected chi connectivity index (χ2v) is 7.14. The number of hydrogen-bond acceptors (Lipinski definition) is 4. The van der Waals surface area contributed by atoms with E-state index in [0.717, 1.165) is 43.1 Å². The van der Waals surface area contributed by atoms with Crippen LogP contribution >= 0.6 is 15.9 Å². The molecule has 0 aliphatic carbocycles. The zero-order chi connectivity index (χ0) is 18.8. The number of nitrogens with one attached hydrogen (secondary N) is 1. The van der Waals surface area contributed by atoms with Gasteiger partial charge in [-0.2, -0.15) is 0 Å². The number of hydrogen-bond donors (Lipinski definition) is 2. The van der Waals surface area contributed by atoms with E-state index < -0.39 is 0 Å². The number of fused-ring (bicyclic) bond motifs is 2. The van der Waals surface area contributed by atoms with Gasteiger partial charge in [0, 0.05) is 27.4 Å². The second kappa shape index (κ2) is 7.55. The second-order valence-electron chi connectivity index (χ2n) is 6.29. The molecule has 2 N–H and O–H groups in total. The van der Waals surface area contributed by atoms with Crippen molar-refractivity contribution in [1.29, 1.82) is 0 Å². The Hall–Kier alpha value is -2.63. The monoisotopic (exact) mass is 422 g/mol. The van der Waals surface area contributed by atoms with Gasteiger partial charge in [0.05, 0.1) is 30.4 Å². The highest BCUT2D eigenvalue weighted by Crippen LogP contribution is 2.33. The molecule has 136 valence electrons. The first-order chi connectivity index (χ1) is 13.2. The molecule has 0 atom stereocenters. The fraction of sp³-hybridized carbons (Fsp3) is 0.136. The number of aliphatic hydroxyl groups excluding tert-OH is 1. The van der Waals surface area contributed by atoms with E-state index >= 15 is 0 Å². The molecule has 0 fully saturated rings. The lowest BCUT2D eigenvalue weighted by molar-refractivity contribution is 0.273. The maximum absolute atomic E-state index is 9.61. The first-order valence-electron chi connectivity index (χ1n) is 8.68. The van der Waals surface area contributed by atoms with Crippen molar-refractivity contribution in [3.8, 4) is 5.75 Å². The molecule has 0 bridgehead atoms. The third-order valence-corrected chi connectivity index (χ3v) is 5.40. The number of para-hydroxylation sites is 2. The average Bonchev–Trinajstić information content (AvgIpc) is 2.71. The van der Waals surface area contributed by atoms with E-state index in [0.29, 0.717) is 12.3 Å². The van der Waals surface area contributed by atoms with Crippen molar-refractivity contribution in [2.45, 2.75) is 13.2 Å². The maximum Gasteiger partial charge on any atom is 0.125 e. The molecule has 0 radical (unpaired) electrons. The summed E-state index contributed by atoms with van der Waals surface area (Å²) >= 11 is 3.61. The predicted molar refractivity (Wildman–Crippen MR) is 113 cm³/mol. The minimum Gasteiger partial charge on any atom is -0.496 e. The Bertz CT molecular complexity index is 1070. The molecule has 3 aromatic carbocycles. The number of pyridine rings is 1. The number of aliphatic hydroxyl groups is 1. The molecular weight excluding hydrogens is 404 g/mol. The molecule has 4 aromatic rings. The summed E-state index contributed by atoms with van der Waals surface area (Å²) in [7, 11) is 1.61. The van der Waals surface area contributed by atoms with Gasteiger partial charge in [-0.05, 0) is 29.8 Å². The van der Waals surface area contributed by atoms with Crippen LogP contribution in [0.1, 0.15) is 11.1 Å². The number of halogens is 1. The molecule has 0 aliphatic rings. The van der Waals surface area contributed by atoms with E-state index in [2.05, 4.69) is 33.4 Å². The van der Waals surface area contributed by atoms with E-state index in [4.69, 9.17) is 9.72 Å². The number of anilines is 1. The van der Waals surface area contributed by atoms with Crippen LogP contribution in [0, 0.1) is 0 Å². The predicted octanol–water partition coefficient (Wildman–Crippen LogP) is 5.26. The summed E-state index contributed by atoms with van der Waals surface area (Å²) in [6.45, 7) is 0.542. The first-order valence-corrected chi connectivity index (χ1v) is 9.48. The van der Waals surface area contributed by atoms with Gasteiger partial charge in [-0.15, -0.1) is 0 Å². The lowest BCUT2D eigenvalue weighted by Gasteiger charge is -2.15. The van der Waals surface area contributed by atoms with Crippen molar-refractivity contribution >= 4 is 43.4 Å². The van der Waals surface area contributed by atoms with Crippen LogP contribution in [-0.2, 0) is 13.2 Å². The summed E-state index contributed by atoms with van der Waals surface area (Å²) in [6, 6.07) is 20.1. The number of rotatable bonds is 5. The van der Waals surface area contributed by atoms with Gasteiger partial charge in [0.1, 0.15) is 5.75 Å². The largest absolute Gasteiger partial charge is 0.496 e. The van der Waals surface area contributed by atoms with Crippen LogP contribution < -0.4 is 10.1 Å². The van der Waals surface area contributed by atoms with Gasteiger partial charge >= 0.3 is 0 Å². The Kier molecular flexibility index (Phi) is 4.97. The molecule has 0 aliphatic heterocycles. The van der Waals surface area contributed by atoms with Crippen LogP contribution in [0.15, 0.2) is 65.1 Å². The van der Waals surface area contributed by atoms with Crippen molar-refractivity contribution in [2.75, 3.05) is 12.4 Å². The molecule has 4 rings (SSSR count). The van der Waals surface area contributed by atoms with Crippen molar-refractivity contribution in [3.05, 3.63) is 76.3 Å². The van der Waals surface area contributed by atoms with Crippen LogP contribution in [-0.4, -0.2) is 17.2 Å². The lowest BCUT2D eigenvalue weighted by atomic mass is 10.1. The van der Waals surface area contributed by atoms with Gasteiger partial charge in [-0.3, -0.25) is 0 Å². The zero-order valence-electron chi connectivity index (χ0n) is 14.9. The normalized spacial score (nSPS) is 11.1. The number of benzene rings is 3. The van der Waals surface area contributed by atoms with Crippen molar-refractivity contribution in [3.63, 3.8) is 0 Å². The molecule has 0 amide bonds. The molecular formula is C22H19BrN2O2. The highest BCUT2D eigenvalue weighted by atomic mass is 79.9. The SMILES string of the molecule is COc1cc(Br)c(CNc2c3ccccc3nc3ccccc23)cc1CO. The van der Waals surface area contributed by atoms with Gasteiger partial charge in [0.25, 0.3) is 0 Å². The third-order valence-electron chi connectivity index (χ3n) is 4.66. The van der Waals surface area contributed by atoms with E-state index in [1.165, 1.54) is 0 Å². The molecule has 5 heteroatoms. The minimum absolute atomic E-state index is 0.0649. The van der Waals surface area contributed by atoms with E-state index in [1.54, 1.807) is 7.11 Å². The average molecular weight is 423 g/mol. The van der Waals surface area contributed by atoms with E-state index in [1.807, 2.05) is 48.5 Å². The number of methoxy groups -OCH3 is 1. The van der Waals surface area contributed by atoms with Gasteiger partial charge in [0.2, 0.25) is 0 Å². The summed E-state index contributed by atoms with van der Waals surface area (Å²) in [4.78, 5) is 4.76. The van der Waals surface area contributed by atoms with Crippen LogP contribution in [0.25, 0.3) is 21.8 Å². The highest BCUT2D eigenvalue weighted by Gasteiger charge is 2.11. The Morgan fingerprint density at radius 2 is 1.59 bits per heavy atom. The topological polar surface area (TPSA) is 54.4 Å². The minimum atomic E-state index is -0.0649. The molecule has 0 saturated heterocycles. The first kappa shape index (κ1) is 17.8. The van der Waals surface area contributed by atoms with Gasteiger partial charge in [-0.1, -0.05) is 52.3 Å². The van der Waals surface area contributed by atoms with Crippen molar-refractivity contribution in [1.82, 2.24) is 4.98 Å². The van der Waals surface area contributed by atoms with Gasteiger partial charge in [0.15, 0.2) is 0 Å². The molecule has 0 spiro atoms. The summed E-state index contributed by atoms with van der Waals surface area (Å²) in [5, 5.41) is 15.4. The fourth-order valence-corrected chi connectivity index (χ4v) is 3.78. The van der Waals surface area contributed by atoms with Crippen LogP contribution in [0.4, 0.5) is 5.69 Å². The third kappa shape index (κ3) is 3.36. The maximum atomic E-state index is 9.61. The highest BCUT2D eigenvalue weighted by molar-refractivity contribution is 9.10. The molecule has 4 nitrogen and oxygen atoms in total. The summed E-state index contributed by atoms with van der Waals surface area (Å²) < 4.78 is 6.27. The summed E-state index contributed by atoms with van der Waals surface area (Å²) in [6.07, 6.45) is 0. The summed E-state index contributed by atoms with van der Waals surface area (Å²) in [5.41, 5.74) is 4.79. The van der Waals surface area contributed by atoms with Crippen LogP contribution in [0.2, 0.25) is 0 Å². The Balaban J connectivity index is 1.77. The number of ether oxygens (including phenoxy) is 1. The Labute approximate surface area is 165 Å². The van der Waals surface area contributed by atoms with E-state index in [-0.39, 0.29) is 6.61 Å². The number of nitrogens with zero attached hydrogens (tertiary/aromatic N) is 1.